The van der Waals surface area contributed by atoms with Crippen LogP contribution in [0.1, 0.15) is 21.5 Å². The first-order chi connectivity index (χ1) is 14.8. The molecule has 0 amide bonds. The number of hydrogen-bond donors (Lipinski definition) is 3. The zero-order valence-electron chi connectivity index (χ0n) is 16.9. The third-order valence-electron chi connectivity index (χ3n) is 4.57. The van der Waals surface area contributed by atoms with E-state index in [1.807, 2.05) is 6.92 Å². The number of nitrogens with one attached hydrogen (secondary N) is 3. The SMILES string of the molecule is COC(=O)c1cc(Nc2ncc(C)c(Nc3ccc4oc(=O)[nH]c4c3)n2)cc(C)c1F. The summed E-state index contributed by atoms with van der Waals surface area (Å²) in [6.07, 6.45) is 1.62. The number of rotatable bonds is 5. The van der Waals surface area contributed by atoms with E-state index in [1.165, 1.54) is 13.2 Å². The molecule has 0 radical (unpaired) electrons. The van der Waals surface area contributed by atoms with Crippen LogP contribution in [0.5, 0.6) is 0 Å². The quantitative estimate of drug-likeness (QED) is 0.413. The van der Waals surface area contributed by atoms with Gasteiger partial charge in [-0.2, -0.15) is 4.98 Å². The largest absolute Gasteiger partial charge is 0.465 e. The Hall–Kier alpha value is -4.21. The Labute approximate surface area is 175 Å². The van der Waals surface area contributed by atoms with Crippen LogP contribution in [0.3, 0.4) is 0 Å². The van der Waals surface area contributed by atoms with E-state index in [-0.39, 0.29) is 17.1 Å². The Morgan fingerprint density at radius 2 is 1.94 bits per heavy atom. The van der Waals surface area contributed by atoms with E-state index in [0.29, 0.717) is 28.3 Å². The summed E-state index contributed by atoms with van der Waals surface area (Å²) in [6, 6.07) is 8.02. The molecule has 0 saturated carbocycles. The average molecular weight is 423 g/mol. The second-order valence-corrected chi connectivity index (χ2v) is 6.85. The van der Waals surface area contributed by atoms with Gasteiger partial charge in [-0.3, -0.25) is 4.98 Å². The van der Waals surface area contributed by atoms with Crippen LogP contribution >= 0.6 is 0 Å². The van der Waals surface area contributed by atoms with Gasteiger partial charge in [-0.25, -0.2) is 19.0 Å². The van der Waals surface area contributed by atoms with Crippen LogP contribution < -0.4 is 16.4 Å². The molecular weight excluding hydrogens is 405 g/mol. The van der Waals surface area contributed by atoms with E-state index >= 15 is 0 Å². The fraction of sp³-hybridized carbons (Fsp3) is 0.143. The number of H-pyrrole nitrogens is 1. The Morgan fingerprint density at radius 1 is 1.13 bits per heavy atom. The van der Waals surface area contributed by atoms with Crippen molar-refractivity contribution in [1.82, 2.24) is 15.0 Å². The number of fused-ring (bicyclic) bond motifs is 1. The molecule has 9 nitrogen and oxygen atoms in total. The lowest BCUT2D eigenvalue weighted by Crippen LogP contribution is -2.08. The second-order valence-electron chi connectivity index (χ2n) is 6.85. The molecule has 0 aliphatic carbocycles. The molecule has 4 rings (SSSR count). The number of hydrogen-bond acceptors (Lipinski definition) is 8. The number of nitrogens with zero attached hydrogens (tertiary/aromatic N) is 2. The smallest absolute Gasteiger partial charge is 0.417 e. The topological polar surface area (TPSA) is 122 Å². The van der Waals surface area contributed by atoms with Crippen molar-refractivity contribution in [3.63, 3.8) is 0 Å². The zero-order valence-corrected chi connectivity index (χ0v) is 16.9. The van der Waals surface area contributed by atoms with E-state index < -0.39 is 17.5 Å². The monoisotopic (exact) mass is 423 g/mol. The predicted octanol–water partition coefficient (Wildman–Crippen LogP) is 3.94. The van der Waals surface area contributed by atoms with Crippen LogP contribution in [0.25, 0.3) is 11.1 Å². The maximum absolute atomic E-state index is 14.2. The van der Waals surface area contributed by atoms with Gasteiger partial charge in [0.25, 0.3) is 0 Å². The minimum absolute atomic E-state index is 0.183. The average Bonchev–Trinajstić information content (AvgIpc) is 3.11. The van der Waals surface area contributed by atoms with Crippen molar-refractivity contribution >= 4 is 40.2 Å². The maximum atomic E-state index is 14.2. The van der Waals surface area contributed by atoms with Crippen molar-refractivity contribution < 1.29 is 18.3 Å². The van der Waals surface area contributed by atoms with Crippen molar-refractivity contribution in [3.8, 4) is 0 Å². The molecule has 0 unspecified atom stereocenters. The predicted molar refractivity (Wildman–Crippen MR) is 113 cm³/mol. The Balaban J connectivity index is 1.62. The first-order valence-corrected chi connectivity index (χ1v) is 9.23. The molecule has 0 atom stereocenters. The number of ether oxygens (including phenoxy) is 1. The van der Waals surface area contributed by atoms with Gasteiger partial charge >= 0.3 is 11.7 Å². The molecule has 4 aromatic rings. The molecule has 158 valence electrons. The molecule has 3 N–H and O–H groups in total. The van der Waals surface area contributed by atoms with Gasteiger partial charge < -0.3 is 19.8 Å². The molecule has 2 aromatic heterocycles. The summed E-state index contributed by atoms with van der Waals surface area (Å²) in [6.45, 7) is 3.38. The molecule has 10 heteroatoms. The maximum Gasteiger partial charge on any atom is 0.417 e. The van der Waals surface area contributed by atoms with Gasteiger partial charge in [0, 0.05) is 23.1 Å². The van der Waals surface area contributed by atoms with Gasteiger partial charge in [-0.1, -0.05) is 0 Å². The molecule has 0 fully saturated rings. The number of anilines is 4. The van der Waals surface area contributed by atoms with E-state index in [4.69, 9.17) is 4.42 Å². The van der Waals surface area contributed by atoms with E-state index in [2.05, 4.69) is 30.3 Å². The van der Waals surface area contributed by atoms with E-state index in [9.17, 15) is 14.0 Å². The Bertz CT molecular complexity index is 1360. The lowest BCUT2D eigenvalue weighted by molar-refractivity contribution is 0.0595. The third kappa shape index (κ3) is 4.08. The number of halogens is 1. The van der Waals surface area contributed by atoms with Gasteiger partial charge in [-0.05, 0) is 49.7 Å². The first kappa shape index (κ1) is 20.1. The highest BCUT2D eigenvalue weighted by Crippen LogP contribution is 2.25. The number of aromatic nitrogens is 3. The van der Waals surface area contributed by atoms with Crippen molar-refractivity contribution in [3.05, 3.63) is 69.6 Å². The highest BCUT2D eigenvalue weighted by Gasteiger charge is 2.16. The Kier molecular flexibility index (Phi) is 5.12. The summed E-state index contributed by atoms with van der Waals surface area (Å²) in [5.41, 5.74) is 2.99. The van der Waals surface area contributed by atoms with Crippen LogP contribution in [-0.4, -0.2) is 28.0 Å². The third-order valence-corrected chi connectivity index (χ3v) is 4.57. The van der Waals surface area contributed by atoms with E-state index in [0.717, 1.165) is 5.56 Å². The molecule has 0 bridgehead atoms. The molecule has 0 aliphatic heterocycles. The standard InChI is InChI=1S/C21H18FN5O4/c1-10-6-13(7-14(17(10)22)19(28)30-3)25-20-23-9-11(2)18(27-20)24-12-4-5-16-15(8-12)26-21(29)31-16/h4-9H,1-3H3,(H,26,29)(H2,23,24,25,27). The number of methoxy groups -OCH3 is 1. The van der Waals surface area contributed by atoms with Crippen LogP contribution in [-0.2, 0) is 4.74 Å². The number of aromatic amines is 1. The zero-order chi connectivity index (χ0) is 22.1. The van der Waals surface area contributed by atoms with Crippen LogP contribution in [0.2, 0.25) is 0 Å². The highest BCUT2D eigenvalue weighted by atomic mass is 19.1. The number of carbonyl (C=O) groups excluding carboxylic acids is 1. The normalized spacial score (nSPS) is 10.8. The highest BCUT2D eigenvalue weighted by molar-refractivity contribution is 5.91. The first-order valence-electron chi connectivity index (χ1n) is 9.23. The number of aryl methyl sites for hydroxylation is 2. The molecular formula is C21H18FN5O4. The van der Waals surface area contributed by atoms with Crippen molar-refractivity contribution in [1.29, 1.82) is 0 Å². The Morgan fingerprint density at radius 3 is 2.71 bits per heavy atom. The van der Waals surface area contributed by atoms with Gasteiger partial charge in [-0.15, -0.1) is 0 Å². The summed E-state index contributed by atoms with van der Waals surface area (Å²) in [5.74, 6) is -1.18. The minimum atomic E-state index is -0.774. The fourth-order valence-electron chi connectivity index (χ4n) is 3.02. The van der Waals surface area contributed by atoms with Crippen LogP contribution in [0.15, 0.2) is 45.7 Å². The summed E-state index contributed by atoms with van der Waals surface area (Å²) >= 11 is 0. The molecule has 0 aliphatic rings. The molecule has 2 heterocycles. The summed E-state index contributed by atoms with van der Waals surface area (Å²) < 4.78 is 23.9. The van der Waals surface area contributed by atoms with Crippen molar-refractivity contribution in [2.75, 3.05) is 17.7 Å². The fourth-order valence-corrected chi connectivity index (χ4v) is 3.02. The van der Waals surface area contributed by atoms with Crippen molar-refractivity contribution in [2.45, 2.75) is 13.8 Å². The molecule has 0 spiro atoms. The number of benzene rings is 2. The number of esters is 1. The van der Waals surface area contributed by atoms with E-state index in [1.54, 1.807) is 37.4 Å². The lowest BCUT2D eigenvalue weighted by Gasteiger charge is -2.12. The van der Waals surface area contributed by atoms with Gasteiger partial charge in [0.05, 0.1) is 18.2 Å². The second kappa shape index (κ2) is 7.90. The lowest BCUT2D eigenvalue weighted by atomic mass is 10.1. The summed E-state index contributed by atoms with van der Waals surface area (Å²) in [7, 11) is 1.19. The van der Waals surface area contributed by atoms with Gasteiger partial charge in [0.2, 0.25) is 5.95 Å². The van der Waals surface area contributed by atoms with Crippen molar-refractivity contribution in [2.24, 2.45) is 0 Å². The molecule has 31 heavy (non-hydrogen) atoms. The van der Waals surface area contributed by atoms with Crippen LogP contribution in [0, 0.1) is 19.7 Å². The van der Waals surface area contributed by atoms with Gasteiger partial charge in [0.15, 0.2) is 5.58 Å². The summed E-state index contributed by atoms with van der Waals surface area (Å²) in [5, 5.41) is 6.15. The molecule has 0 saturated heterocycles. The van der Waals surface area contributed by atoms with Crippen LogP contribution in [0.4, 0.5) is 27.5 Å². The number of carbonyl (C=O) groups is 1. The summed E-state index contributed by atoms with van der Waals surface area (Å²) in [4.78, 5) is 34.5. The minimum Gasteiger partial charge on any atom is -0.465 e. The van der Waals surface area contributed by atoms with Gasteiger partial charge in [0.1, 0.15) is 11.6 Å². The molecule has 2 aromatic carbocycles. The number of oxazole rings is 1.